The van der Waals surface area contributed by atoms with Gasteiger partial charge in [0.25, 0.3) is 5.88 Å². The van der Waals surface area contributed by atoms with Crippen molar-refractivity contribution in [1.29, 1.82) is 0 Å². The van der Waals surface area contributed by atoms with Gasteiger partial charge in [0.2, 0.25) is 0 Å². The second-order valence-electron chi connectivity index (χ2n) is 4.18. The molecule has 5 nitrogen and oxygen atoms in total. The molecular formula is C11H15NO4. The number of aromatic nitrogens is 1. The fourth-order valence-electron chi connectivity index (χ4n) is 2.30. The molecule has 1 N–H and O–H groups in total. The fraction of sp³-hybridized carbons (Fsp3) is 0.636. The Morgan fingerprint density at radius 3 is 2.69 bits per heavy atom. The van der Waals surface area contributed by atoms with E-state index in [-0.39, 0.29) is 0 Å². The molecule has 1 fully saturated rings. The predicted octanol–water partition coefficient (Wildman–Crippen LogP) is 1.97. The number of carboxylic acids is 1. The first-order valence-electron chi connectivity index (χ1n) is 5.43. The molecule has 0 aromatic carbocycles. The third-order valence-corrected chi connectivity index (χ3v) is 3.29. The van der Waals surface area contributed by atoms with Gasteiger partial charge in [0.05, 0.1) is 7.11 Å². The number of hydrogen-bond donors (Lipinski definition) is 1. The zero-order valence-corrected chi connectivity index (χ0v) is 9.23. The van der Waals surface area contributed by atoms with Crippen LogP contribution < -0.4 is 4.74 Å². The van der Waals surface area contributed by atoms with E-state index in [1.54, 1.807) is 6.07 Å². The zero-order valence-electron chi connectivity index (χ0n) is 9.23. The lowest BCUT2D eigenvalue weighted by atomic mass is 9.72. The smallest absolute Gasteiger partial charge is 0.317 e. The third kappa shape index (κ3) is 1.66. The van der Waals surface area contributed by atoms with Crippen LogP contribution >= 0.6 is 0 Å². The van der Waals surface area contributed by atoms with Crippen LogP contribution in [0.5, 0.6) is 5.88 Å². The molecule has 0 saturated heterocycles. The Morgan fingerprint density at radius 2 is 2.19 bits per heavy atom. The van der Waals surface area contributed by atoms with Crippen LogP contribution in [0.15, 0.2) is 10.6 Å². The van der Waals surface area contributed by atoms with Crippen LogP contribution in [0.1, 0.15) is 37.9 Å². The summed E-state index contributed by atoms with van der Waals surface area (Å²) in [6, 6.07) is 1.58. The summed E-state index contributed by atoms with van der Waals surface area (Å²) in [5.74, 6) is -0.0799. The van der Waals surface area contributed by atoms with Gasteiger partial charge in [-0.2, -0.15) is 0 Å². The van der Waals surface area contributed by atoms with Crippen molar-refractivity contribution in [2.45, 2.75) is 37.5 Å². The molecule has 0 atom stereocenters. The molecule has 2 rings (SSSR count). The third-order valence-electron chi connectivity index (χ3n) is 3.29. The number of aliphatic carboxylic acids is 1. The molecule has 0 spiro atoms. The minimum Gasteiger partial charge on any atom is -0.480 e. The molecule has 0 unspecified atom stereocenters. The van der Waals surface area contributed by atoms with Crippen molar-refractivity contribution in [2.24, 2.45) is 0 Å². The molecule has 0 aliphatic heterocycles. The Morgan fingerprint density at radius 1 is 1.50 bits per heavy atom. The number of ether oxygens (including phenoxy) is 1. The number of rotatable bonds is 3. The van der Waals surface area contributed by atoms with Gasteiger partial charge >= 0.3 is 5.97 Å². The Hall–Kier alpha value is -1.52. The van der Waals surface area contributed by atoms with Crippen molar-refractivity contribution >= 4 is 5.97 Å². The average molecular weight is 225 g/mol. The van der Waals surface area contributed by atoms with E-state index < -0.39 is 11.4 Å². The average Bonchev–Trinajstić information content (AvgIpc) is 2.78. The Labute approximate surface area is 93.4 Å². The Bertz CT molecular complexity index is 379. The summed E-state index contributed by atoms with van der Waals surface area (Å²) in [7, 11) is 1.48. The summed E-state index contributed by atoms with van der Waals surface area (Å²) in [6.07, 6.45) is 4.13. The van der Waals surface area contributed by atoms with Crippen LogP contribution in [-0.2, 0) is 10.2 Å². The largest absolute Gasteiger partial charge is 0.480 e. The number of methoxy groups -OCH3 is 1. The second-order valence-corrected chi connectivity index (χ2v) is 4.18. The van der Waals surface area contributed by atoms with Gasteiger partial charge in [0.1, 0.15) is 5.41 Å². The lowest BCUT2D eigenvalue weighted by molar-refractivity contribution is -0.146. The standard InChI is InChI=1S/C11H15NO4/c1-15-9-7-8(16-12-9)11(10(13)14)5-3-2-4-6-11/h7H,2-6H2,1H3,(H,13,14). The topological polar surface area (TPSA) is 72.6 Å². The number of carboxylic acid groups (broad SMARTS) is 1. The molecule has 1 aliphatic rings. The molecule has 0 radical (unpaired) electrons. The SMILES string of the molecule is COc1cc(C2(C(=O)O)CCCCC2)on1. The maximum atomic E-state index is 11.4. The molecule has 0 amide bonds. The van der Waals surface area contributed by atoms with Crippen LogP contribution in [0.3, 0.4) is 0 Å². The van der Waals surface area contributed by atoms with E-state index in [1.807, 2.05) is 0 Å². The van der Waals surface area contributed by atoms with Gasteiger partial charge in [0.15, 0.2) is 5.76 Å². The van der Waals surface area contributed by atoms with Crippen molar-refractivity contribution in [2.75, 3.05) is 7.11 Å². The van der Waals surface area contributed by atoms with Crippen molar-refractivity contribution in [3.63, 3.8) is 0 Å². The van der Waals surface area contributed by atoms with Crippen molar-refractivity contribution in [3.05, 3.63) is 11.8 Å². The Kier molecular flexibility index (Phi) is 2.85. The minimum absolute atomic E-state index is 0.334. The molecule has 88 valence electrons. The summed E-state index contributed by atoms with van der Waals surface area (Å²) in [5, 5.41) is 13.1. The van der Waals surface area contributed by atoms with E-state index in [1.165, 1.54) is 7.11 Å². The lowest BCUT2D eigenvalue weighted by Crippen LogP contribution is -2.37. The van der Waals surface area contributed by atoms with E-state index in [2.05, 4.69) is 5.16 Å². The monoisotopic (exact) mass is 225 g/mol. The molecule has 0 bridgehead atoms. The summed E-state index contributed by atoms with van der Waals surface area (Å²) < 4.78 is 10.0. The first-order valence-corrected chi connectivity index (χ1v) is 5.43. The molecule has 1 heterocycles. The molecule has 5 heteroatoms. The van der Waals surface area contributed by atoms with Gasteiger partial charge in [-0.05, 0) is 18.0 Å². The van der Waals surface area contributed by atoms with E-state index in [0.29, 0.717) is 24.5 Å². The van der Waals surface area contributed by atoms with E-state index >= 15 is 0 Å². The predicted molar refractivity (Wildman–Crippen MR) is 55.5 cm³/mol. The van der Waals surface area contributed by atoms with E-state index in [4.69, 9.17) is 9.26 Å². The van der Waals surface area contributed by atoms with Gasteiger partial charge in [-0.25, -0.2) is 0 Å². The minimum atomic E-state index is -0.901. The molecular weight excluding hydrogens is 210 g/mol. The van der Waals surface area contributed by atoms with E-state index in [9.17, 15) is 9.90 Å². The molecule has 1 aromatic rings. The van der Waals surface area contributed by atoms with Crippen LogP contribution in [0.2, 0.25) is 0 Å². The van der Waals surface area contributed by atoms with Crippen molar-refractivity contribution in [1.82, 2.24) is 5.16 Å². The van der Waals surface area contributed by atoms with Crippen molar-refractivity contribution in [3.8, 4) is 5.88 Å². The summed E-state index contributed by atoms with van der Waals surface area (Å²) in [4.78, 5) is 11.4. The van der Waals surface area contributed by atoms with Gasteiger partial charge in [-0.15, -0.1) is 0 Å². The van der Waals surface area contributed by atoms with Gasteiger partial charge in [-0.3, -0.25) is 4.79 Å². The highest BCUT2D eigenvalue weighted by Gasteiger charge is 2.45. The maximum Gasteiger partial charge on any atom is 0.317 e. The highest BCUT2D eigenvalue weighted by molar-refractivity contribution is 5.80. The number of nitrogens with zero attached hydrogens (tertiary/aromatic N) is 1. The lowest BCUT2D eigenvalue weighted by Gasteiger charge is -2.30. The molecule has 1 saturated carbocycles. The molecule has 1 aromatic heterocycles. The highest BCUT2D eigenvalue weighted by Crippen LogP contribution is 2.40. The van der Waals surface area contributed by atoms with Crippen LogP contribution in [0.4, 0.5) is 0 Å². The van der Waals surface area contributed by atoms with Gasteiger partial charge < -0.3 is 14.4 Å². The van der Waals surface area contributed by atoms with Crippen molar-refractivity contribution < 1.29 is 19.2 Å². The highest BCUT2D eigenvalue weighted by atomic mass is 16.5. The summed E-state index contributed by atoms with van der Waals surface area (Å²) >= 11 is 0. The Balaban J connectivity index is 2.34. The first kappa shape index (κ1) is 11.0. The number of hydrogen-bond acceptors (Lipinski definition) is 4. The number of carbonyl (C=O) groups is 1. The summed E-state index contributed by atoms with van der Waals surface area (Å²) in [6.45, 7) is 0. The van der Waals surface area contributed by atoms with Gasteiger partial charge in [0, 0.05) is 6.07 Å². The van der Waals surface area contributed by atoms with Gasteiger partial charge in [-0.1, -0.05) is 19.3 Å². The van der Waals surface area contributed by atoms with Crippen LogP contribution in [-0.4, -0.2) is 23.3 Å². The molecule has 1 aliphatic carbocycles. The van der Waals surface area contributed by atoms with E-state index in [0.717, 1.165) is 19.3 Å². The van der Waals surface area contributed by atoms with Crippen LogP contribution in [0.25, 0.3) is 0 Å². The molecule has 16 heavy (non-hydrogen) atoms. The quantitative estimate of drug-likeness (QED) is 0.851. The second kappa shape index (κ2) is 4.15. The zero-order chi connectivity index (χ0) is 11.6. The normalized spacial score (nSPS) is 19.3. The first-order chi connectivity index (χ1) is 7.69. The summed E-state index contributed by atoms with van der Waals surface area (Å²) in [5.41, 5.74) is -0.901. The maximum absolute atomic E-state index is 11.4. The fourth-order valence-corrected chi connectivity index (χ4v) is 2.30. The van der Waals surface area contributed by atoms with Crippen LogP contribution in [0, 0.1) is 0 Å².